The van der Waals surface area contributed by atoms with Gasteiger partial charge in [0.2, 0.25) is 15.9 Å². The maximum atomic E-state index is 13.0. The van der Waals surface area contributed by atoms with Crippen LogP contribution in [0.2, 0.25) is 0 Å². The SMILES string of the molecule is Cn1cnc2c1C(C(=O)N1CC(F)(F)C1)CN(S(C)(=O)=O)C2. The van der Waals surface area contributed by atoms with E-state index in [1.807, 2.05) is 0 Å². The van der Waals surface area contributed by atoms with E-state index in [9.17, 15) is 22.0 Å². The van der Waals surface area contributed by atoms with Gasteiger partial charge in [-0.05, 0) is 0 Å². The maximum absolute atomic E-state index is 13.0. The van der Waals surface area contributed by atoms with Crippen LogP contribution in [-0.2, 0) is 28.4 Å². The summed E-state index contributed by atoms with van der Waals surface area (Å²) in [6.07, 6.45) is 2.56. The van der Waals surface area contributed by atoms with Crippen LogP contribution >= 0.6 is 0 Å². The monoisotopic (exact) mass is 334 g/mol. The molecule has 3 heterocycles. The van der Waals surface area contributed by atoms with E-state index in [1.54, 1.807) is 11.6 Å². The van der Waals surface area contributed by atoms with E-state index in [1.165, 1.54) is 6.33 Å². The van der Waals surface area contributed by atoms with Crippen LogP contribution in [0.3, 0.4) is 0 Å². The largest absolute Gasteiger partial charge is 0.337 e. The summed E-state index contributed by atoms with van der Waals surface area (Å²) < 4.78 is 52.3. The average molecular weight is 334 g/mol. The molecule has 1 aromatic rings. The lowest BCUT2D eigenvalue weighted by Crippen LogP contribution is -2.60. The zero-order valence-corrected chi connectivity index (χ0v) is 13.0. The molecule has 10 heteroatoms. The number of hydrogen-bond donors (Lipinski definition) is 0. The molecule has 3 rings (SSSR count). The quantitative estimate of drug-likeness (QED) is 0.748. The Hall–Kier alpha value is -1.55. The van der Waals surface area contributed by atoms with Gasteiger partial charge in [-0.15, -0.1) is 0 Å². The molecule has 1 atom stereocenters. The predicted molar refractivity (Wildman–Crippen MR) is 72.7 cm³/mol. The van der Waals surface area contributed by atoms with E-state index in [2.05, 4.69) is 4.98 Å². The first kappa shape index (κ1) is 15.3. The lowest BCUT2D eigenvalue weighted by atomic mass is 9.96. The number of rotatable bonds is 2. The molecule has 0 bridgehead atoms. The van der Waals surface area contributed by atoms with Gasteiger partial charge < -0.3 is 9.47 Å². The summed E-state index contributed by atoms with van der Waals surface area (Å²) in [5.74, 6) is -4.14. The zero-order valence-electron chi connectivity index (χ0n) is 12.2. The Kier molecular flexibility index (Phi) is 3.29. The van der Waals surface area contributed by atoms with E-state index < -0.39 is 40.9 Å². The molecule has 0 aromatic carbocycles. The topological polar surface area (TPSA) is 75.5 Å². The van der Waals surface area contributed by atoms with Crippen LogP contribution in [0.25, 0.3) is 0 Å². The van der Waals surface area contributed by atoms with E-state index in [-0.39, 0.29) is 13.1 Å². The van der Waals surface area contributed by atoms with Crippen LogP contribution in [0.15, 0.2) is 6.33 Å². The number of hydrogen-bond acceptors (Lipinski definition) is 4. The summed E-state index contributed by atoms with van der Waals surface area (Å²) in [6, 6.07) is 0. The molecule has 1 aromatic heterocycles. The molecule has 0 spiro atoms. The number of nitrogens with zero attached hydrogens (tertiary/aromatic N) is 4. The van der Waals surface area contributed by atoms with Crippen molar-refractivity contribution in [1.29, 1.82) is 0 Å². The Balaban J connectivity index is 1.92. The Bertz CT molecular complexity index is 723. The fraction of sp³-hybridized carbons (Fsp3) is 0.667. The average Bonchev–Trinajstić information content (AvgIpc) is 2.75. The predicted octanol–water partition coefficient (Wildman–Crippen LogP) is -0.244. The number of carbonyl (C=O) groups is 1. The highest BCUT2D eigenvalue weighted by Crippen LogP contribution is 2.34. The molecule has 1 unspecified atom stereocenters. The highest BCUT2D eigenvalue weighted by Gasteiger charge is 2.49. The van der Waals surface area contributed by atoms with Crippen molar-refractivity contribution in [2.45, 2.75) is 18.4 Å². The minimum atomic E-state index is -3.50. The second-order valence-corrected chi connectivity index (χ2v) is 7.83. The molecule has 2 aliphatic rings. The van der Waals surface area contributed by atoms with Gasteiger partial charge in [0.15, 0.2) is 0 Å². The van der Waals surface area contributed by atoms with Crippen LogP contribution in [-0.4, -0.2) is 64.9 Å². The van der Waals surface area contributed by atoms with E-state index in [0.717, 1.165) is 15.5 Å². The Morgan fingerprint density at radius 2 is 2.05 bits per heavy atom. The van der Waals surface area contributed by atoms with E-state index in [4.69, 9.17) is 0 Å². The van der Waals surface area contributed by atoms with Crippen LogP contribution < -0.4 is 0 Å². The maximum Gasteiger partial charge on any atom is 0.282 e. The number of fused-ring (bicyclic) bond motifs is 1. The molecule has 22 heavy (non-hydrogen) atoms. The summed E-state index contributed by atoms with van der Waals surface area (Å²) in [7, 11) is -1.80. The number of carbonyl (C=O) groups excluding carboxylic acids is 1. The fourth-order valence-corrected chi connectivity index (χ4v) is 3.69. The molecule has 122 valence electrons. The fourth-order valence-electron chi connectivity index (χ4n) is 2.91. The van der Waals surface area contributed by atoms with Gasteiger partial charge in [-0.25, -0.2) is 22.2 Å². The van der Waals surface area contributed by atoms with Crippen molar-refractivity contribution in [2.24, 2.45) is 7.05 Å². The number of sulfonamides is 1. The lowest BCUT2D eigenvalue weighted by molar-refractivity contribution is -0.167. The Labute approximate surface area is 126 Å². The summed E-state index contributed by atoms with van der Waals surface area (Å²) >= 11 is 0. The molecule has 0 aliphatic carbocycles. The summed E-state index contributed by atoms with van der Waals surface area (Å²) in [4.78, 5) is 17.7. The minimum Gasteiger partial charge on any atom is -0.337 e. The first-order chi connectivity index (χ1) is 10.1. The Morgan fingerprint density at radius 1 is 1.41 bits per heavy atom. The van der Waals surface area contributed by atoms with E-state index >= 15 is 0 Å². The number of halogens is 2. The van der Waals surface area contributed by atoms with Crippen LogP contribution in [0.1, 0.15) is 17.3 Å². The van der Waals surface area contributed by atoms with Gasteiger partial charge in [-0.2, -0.15) is 4.31 Å². The van der Waals surface area contributed by atoms with Gasteiger partial charge in [-0.3, -0.25) is 4.79 Å². The third-order valence-corrected chi connectivity index (χ3v) is 5.24. The van der Waals surface area contributed by atoms with Crippen LogP contribution in [0.4, 0.5) is 8.78 Å². The number of likely N-dealkylation sites (tertiary alicyclic amines) is 1. The highest BCUT2D eigenvalue weighted by atomic mass is 32.2. The molecular weight excluding hydrogens is 318 g/mol. The normalized spacial score (nSPS) is 24.7. The smallest absolute Gasteiger partial charge is 0.282 e. The van der Waals surface area contributed by atoms with Crippen molar-refractivity contribution >= 4 is 15.9 Å². The standard InChI is InChI=1S/C12H16F2N4O3S/c1-16-7-15-9-4-18(22(2,20)21)3-8(10(9)16)11(19)17-5-12(13,14)6-17/h7-8H,3-6H2,1-2H3. The first-order valence-electron chi connectivity index (χ1n) is 6.70. The van der Waals surface area contributed by atoms with Gasteiger partial charge in [0, 0.05) is 13.6 Å². The molecular formula is C12H16F2N4O3S. The minimum absolute atomic E-state index is 0.0493. The van der Waals surface area contributed by atoms with Crippen LogP contribution in [0, 0.1) is 0 Å². The molecule has 1 fully saturated rings. The molecule has 2 aliphatic heterocycles. The number of amides is 1. The van der Waals surface area contributed by atoms with Crippen molar-refractivity contribution in [3.8, 4) is 0 Å². The summed E-state index contributed by atoms with van der Waals surface area (Å²) in [6.45, 7) is -1.19. The van der Waals surface area contributed by atoms with Crippen molar-refractivity contribution in [3.63, 3.8) is 0 Å². The van der Waals surface area contributed by atoms with Gasteiger partial charge in [-0.1, -0.05) is 0 Å². The summed E-state index contributed by atoms with van der Waals surface area (Å²) in [5.41, 5.74) is 1.09. The zero-order chi connectivity index (χ0) is 16.3. The molecule has 7 nitrogen and oxygen atoms in total. The number of imidazole rings is 1. The Morgan fingerprint density at radius 3 is 2.59 bits per heavy atom. The lowest BCUT2D eigenvalue weighted by Gasteiger charge is -2.42. The first-order valence-corrected chi connectivity index (χ1v) is 8.55. The van der Waals surface area contributed by atoms with Gasteiger partial charge in [0.05, 0.1) is 49.5 Å². The van der Waals surface area contributed by atoms with Crippen LogP contribution in [0.5, 0.6) is 0 Å². The third kappa shape index (κ3) is 2.50. The summed E-state index contributed by atoms with van der Waals surface area (Å²) in [5, 5.41) is 0. The van der Waals surface area contributed by atoms with Crippen molar-refractivity contribution in [1.82, 2.24) is 18.8 Å². The van der Waals surface area contributed by atoms with Gasteiger partial charge in [0.25, 0.3) is 5.92 Å². The third-order valence-electron chi connectivity index (χ3n) is 4.03. The van der Waals surface area contributed by atoms with Crippen molar-refractivity contribution in [2.75, 3.05) is 25.9 Å². The van der Waals surface area contributed by atoms with E-state index in [0.29, 0.717) is 11.4 Å². The van der Waals surface area contributed by atoms with Gasteiger partial charge >= 0.3 is 0 Å². The van der Waals surface area contributed by atoms with Crippen molar-refractivity contribution < 1.29 is 22.0 Å². The molecule has 1 amide bonds. The molecule has 1 saturated heterocycles. The van der Waals surface area contributed by atoms with Gasteiger partial charge in [0.1, 0.15) is 0 Å². The number of aromatic nitrogens is 2. The second-order valence-electron chi connectivity index (χ2n) is 5.85. The molecule has 0 saturated carbocycles. The van der Waals surface area contributed by atoms with Crippen molar-refractivity contribution in [3.05, 3.63) is 17.7 Å². The number of aryl methyl sites for hydroxylation is 1. The molecule has 0 N–H and O–H groups in total. The second kappa shape index (κ2) is 4.72. The highest BCUT2D eigenvalue weighted by molar-refractivity contribution is 7.88. The molecule has 0 radical (unpaired) electrons. The number of alkyl halides is 2.